The van der Waals surface area contributed by atoms with E-state index >= 15 is 0 Å². The number of sulfone groups is 1. The van der Waals surface area contributed by atoms with Crippen molar-refractivity contribution in [3.8, 4) is 5.75 Å². The third-order valence-electron chi connectivity index (χ3n) is 1.43. The molecule has 0 atom stereocenters. The summed E-state index contributed by atoms with van der Waals surface area (Å²) in [6, 6.07) is 4.54. The number of hydrogen-bond donors (Lipinski definition) is 0. The van der Waals surface area contributed by atoms with Crippen molar-refractivity contribution >= 4 is 20.3 Å². The van der Waals surface area contributed by atoms with E-state index in [-0.39, 0.29) is 10.6 Å². The molecule has 0 aromatic heterocycles. The highest BCUT2D eigenvalue weighted by atomic mass is 32.3. The monoisotopic (exact) mass is 254 g/mol. The summed E-state index contributed by atoms with van der Waals surface area (Å²) in [6.07, 6.45) is 0.941. The number of hydrogen-bond acceptors (Lipinski definition) is 5. The number of halogens is 1. The Balaban J connectivity index is 3.15. The molecule has 0 saturated carbocycles. The first-order valence-corrected chi connectivity index (χ1v) is 6.83. The topological polar surface area (TPSA) is 77.5 Å². The molecule has 0 unspecified atom stereocenters. The van der Waals surface area contributed by atoms with Crippen molar-refractivity contribution in [3.63, 3.8) is 0 Å². The predicted molar refractivity (Wildman–Crippen MR) is 50.2 cm³/mol. The summed E-state index contributed by atoms with van der Waals surface area (Å²) in [4.78, 5) is -0.149. The molecule has 15 heavy (non-hydrogen) atoms. The van der Waals surface area contributed by atoms with E-state index in [4.69, 9.17) is 0 Å². The maximum atomic E-state index is 12.1. The van der Waals surface area contributed by atoms with Gasteiger partial charge in [-0.2, -0.15) is 8.42 Å². The second-order valence-corrected chi connectivity index (χ2v) is 5.69. The summed E-state index contributed by atoms with van der Waals surface area (Å²) in [7, 11) is -8.61. The summed E-state index contributed by atoms with van der Waals surface area (Å²) in [5.74, 6) is -0.388. The Hall–Kier alpha value is -1.15. The Kier molecular flexibility index (Phi) is 3.00. The van der Waals surface area contributed by atoms with Crippen molar-refractivity contribution in [3.05, 3.63) is 24.3 Å². The van der Waals surface area contributed by atoms with Gasteiger partial charge >= 0.3 is 10.5 Å². The highest BCUT2D eigenvalue weighted by Crippen LogP contribution is 2.19. The van der Waals surface area contributed by atoms with E-state index in [9.17, 15) is 20.7 Å². The minimum Gasteiger partial charge on any atom is -0.358 e. The van der Waals surface area contributed by atoms with Gasteiger partial charge in [-0.15, -0.1) is 0 Å². The number of benzene rings is 1. The lowest BCUT2D eigenvalue weighted by molar-refractivity contribution is 0.439. The first-order valence-electron chi connectivity index (χ1n) is 3.63. The van der Waals surface area contributed by atoms with E-state index < -0.39 is 20.3 Å². The van der Waals surface area contributed by atoms with Crippen LogP contribution in [0.4, 0.5) is 3.89 Å². The minimum absolute atomic E-state index is 0.149. The molecule has 84 valence electrons. The van der Waals surface area contributed by atoms with Gasteiger partial charge in [0.25, 0.3) is 0 Å². The Bertz CT molecular complexity index is 561. The quantitative estimate of drug-likeness (QED) is 0.741. The molecule has 0 aliphatic heterocycles. The van der Waals surface area contributed by atoms with Gasteiger partial charge in [-0.25, -0.2) is 8.42 Å². The van der Waals surface area contributed by atoms with Crippen molar-refractivity contribution in [2.24, 2.45) is 0 Å². The molecule has 0 radical (unpaired) electrons. The third kappa shape index (κ3) is 3.84. The molecule has 8 heteroatoms. The van der Waals surface area contributed by atoms with Gasteiger partial charge in [0.15, 0.2) is 9.84 Å². The molecular weight excluding hydrogens is 247 g/mol. The van der Waals surface area contributed by atoms with Gasteiger partial charge in [-0.3, -0.25) is 0 Å². The fourth-order valence-corrected chi connectivity index (χ4v) is 1.86. The number of rotatable bonds is 3. The van der Waals surface area contributed by atoms with E-state index in [1.165, 1.54) is 12.1 Å². The van der Waals surface area contributed by atoms with Gasteiger partial charge < -0.3 is 4.18 Å². The van der Waals surface area contributed by atoms with E-state index in [1.54, 1.807) is 0 Å². The summed E-state index contributed by atoms with van der Waals surface area (Å²) >= 11 is 0. The maximum absolute atomic E-state index is 12.1. The van der Waals surface area contributed by atoms with Crippen LogP contribution < -0.4 is 4.18 Å². The Morgan fingerprint density at radius 2 is 1.80 bits per heavy atom. The van der Waals surface area contributed by atoms with E-state index in [0.29, 0.717) is 0 Å². The summed E-state index contributed by atoms with van der Waals surface area (Å²) in [5.41, 5.74) is 0. The summed E-state index contributed by atoms with van der Waals surface area (Å²) in [5, 5.41) is 0. The largest absolute Gasteiger partial charge is 0.488 e. The average Bonchev–Trinajstić information content (AvgIpc) is 1.99. The van der Waals surface area contributed by atoms with Crippen molar-refractivity contribution in [2.75, 3.05) is 6.26 Å². The molecule has 1 aromatic carbocycles. The zero-order valence-corrected chi connectivity index (χ0v) is 9.18. The lowest BCUT2D eigenvalue weighted by Crippen LogP contribution is -2.03. The zero-order chi connectivity index (χ0) is 11.7. The molecule has 1 aromatic rings. The van der Waals surface area contributed by atoms with Gasteiger partial charge in [0, 0.05) is 12.3 Å². The van der Waals surface area contributed by atoms with Crippen LogP contribution in [0.5, 0.6) is 5.75 Å². The van der Waals surface area contributed by atoms with Gasteiger partial charge in [-0.05, 0) is 12.1 Å². The average molecular weight is 254 g/mol. The maximum Gasteiger partial charge on any atom is 0.488 e. The van der Waals surface area contributed by atoms with E-state index in [2.05, 4.69) is 4.18 Å². The molecule has 0 spiro atoms. The molecule has 0 aliphatic carbocycles. The van der Waals surface area contributed by atoms with Gasteiger partial charge in [0.1, 0.15) is 5.75 Å². The Labute approximate surface area is 86.8 Å². The van der Waals surface area contributed by atoms with Crippen molar-refractivity contribution in [2.45, 2.75) is 4.90 Å². The first kappa shape index (κ1) is 11.9. The van der Waals surface area contributed by atoms with Gasteiger partial charge in [-0.1, -0.05) is 9.95 Å². The SMILES string of the molecule is CS(=O)(=O)c1cccc(OS(=O)(=O)F)c1. The van der Waals surface area contributed by atoms with Crippen molar-refractivity contribution < 1.29 is 24.9 Å². The second-order valence-electron chi connectivity index (χ2n) is 2.72. The van der Waals surface area contributed by atoms with E-state index in [0.717, 1.165) is 18.4 Å². The molecule has 1 rings (SSSR count). The van der Waals surface area contributed by atoms with Crippen LogP contribution in [0.2, 0.25) is 0 Å². The van der Waals surface area contributed by atoms with Gasteiger partial charge in [0.05, 0.1) is 4.90 Å². The van der Waals surface area contributed by atoms with Crippen LogP contribution in [-0.2, 0) is 20.3 Å². The smallest absolute Gasteiger partial charge is 0.358 e. The molecular formula is C7H7FO5S2. The van der Waals surface area contributed by atoms with Crippen molar-refractivity contribution in [1.82, 2.24) is 0 Å². The molecule has 0 saturated heterocycles. The fourth-order valence-electron chi connectivity index (χ4n) is 0.872. The molecule has 0 aliphatic rings. The highest BCUT2D eigenvalue weighted by molar-refractivity contribution is 7.90. The van der Waals surface area contributed by atoms with Crippen LogP contribution >= 0.6 is 0 Å². The molecule has 0 heterocycles. The molecule has 5 nitrogen and oxygen atoms in total. The lowest BCUT2D eigenvalue weighted by Gasteiger charge is -2.02. The predicted octanol–water partition coefficient (Wildman–Crippen LogP) is 0.683. The van der Waals surface area contributed by atoms with E-state index in [1.807, 2.05) is 0 Å². The fraction of sp³-hybridized carbons (Fsp3) is 0.143. The summed E-state index contributed by atoms with van der Waals surface area (Å²) < 4.78 is 58.3. The molecule has 0 fully saturated rings. The van der Waals surface area contributed by atoms with Gasteiger partial charge in [0.2, 0.25) is 0 Å². The Morgan fingerprint density at radius 1 is 1.20 bits per heavy atom. The van der Waals surface area contributed by atoms with Crippen LogP contribution in [0.1, 0.15) is 0 Å². The van der Waals surface area contributed by atoms with Crippen LogP contribution in [0.15, 0.2) is 29.2 Å². The van der Waals surface area contributed by atoms with Crippen LogP contribution in [-0.4, -0.2) is 23.1 Å². The highest BCUT2D eigenvalue weighted by Gasteiger charge is 2.12. The third-order valence-corrected chi connectivity index (χ3v) is 2.93. The van der Waals surface area contributed by atoms with Crippen LogP contribution in [0.25, 0.3) is 0 Å². The minimum atomic E-state index is -5.13. The van der Waals surface area contributed by atoms with Crippen molar-refractivity contribution in [1.29, 1.82) is 0 Å². The first-order chi connectivity index (χ1) is 6.68. The summed E-state index contributed by atoms with van der Waals surface area (Å²) in [6.45, 7) is 0. The molecule has 0 amide bonds. The molecule has 0 bridgehead atoms. The van der Waals surface area contributed by atoms with Crippen LogP contribution in [0, 0.1) is 0 Å². The van der Waals surface area contributed by atoms with Crippen LogP contribution in [0.3, 0.4) is 0 Å². The second kappa shape index (κ2) is 3.78. The zero-order valence-electron chi connectivity index (χ0n) is 7.55. The lowest BCUT2D eigenvalue weighted by atomic mass is 10.3. The Morgan fingerprint density at radius 3 is 2.27 bits per heavy atom. The standard InChI is InChI=1S/C7H7FO5S2/c1-14(9,10)7-4-2-3-6(5-7)13-15(8,11)12/h2-5H,1H3. The molecule has 0 N–H and O–H groups in total. The normalized spacial score (nSPS) is 12.4.